The summed E-state index contributed by atoms with van der Waals surface area (Å²) in [6, 6.07) is 52.9. The zero-order chi connectivity index (χ0) is 46.6. The predicted octanol–water partition coefficient (Wildman–Crippen LogP) is 19.2. The van der Waals surface area contributed by atoms with Gasteiger partial charge in [0.15, 0.2) is 0 Å². The number of rotatable bonds is 3. The van der Waals surface area contributed by atoms with Gasteiger partial charge in [-0.2, -0.15) is 0 Å². The molecule has 11 rings (SSSR count). The smallest absolute Gasteiger partial charge is 0.00139 e. The Labute approximate surface area is 393 Å². The molecular formula is C66H64. The molecule has 9 aromatic rings. The molecule has 0 amide bonds. The van der Waals surface area contributed by atoms with Crippen LogP contribution in [0.3, 0.4) is 0 Å². The summed E-state index contributed by atoms with van der Waals surface area (Å²) < 4.78 is 0. The first-order chi connectivity index (χ1) is 31.1. The van der Waals surface area contributed by atoms with Crippen molar-refractivity contribution in [2.24, 2.45) is 0 Å². The van der Waals surface area contributed by atoms with E-state index in [2.05, 4.69) is 230 Å². The summed E-state index contributed by atoms with van der Waals surface area (Å²) in [5, 5.41) is 8.01. The predicted molar refractivity (Wildman–Crippen MR) is 288 cm³/mol. The van der Waals surface area contributed by atoms with Crippen LogP contribution in [-0.2, 0) is 21.7 Å². The molecular weight excluding hydrogens is 793 g/mol. The molecule has 0 atom stereocenters. The molecule has 0 heterocycles. The fourth-order valence-electron chi connectivity index (χ4n) is 11.4. The molecule has 66 heavy (non-hydrogen) atoms. The van der Waals surface area contributed by atoms with Gasteiger partial charge in [-0.15, -0.1) is 0 Å². The lowest BCUT2D eigenvalue weighted by atomic mass is 9.76. The number of hydrogen-bond acceptors (Lipinski definition) is 0. The highest BCUT2D eigenvalue weighted by Crippen LogP contribution is 2.58. The topological polar surface area (TPSA) is 0 Å². The van der Waals surface area contributed by atoms with Crippen LogP contribution in [0.25, 0.3) is 110 Å². The van der Waals surface area contributed by atoms with Crippen molar-refractivity contribution in [3.63, 3.8) is 0 Å². The van der Waals surface area contributed by atoms with Crippen molar-refractivity contribution in [3.8, 4) is 77.9 Å². The second kappa shape index (κ2) is 14.1. The molecule has 0 unspecified atom stereocenters. The van der Waals surface area contributed by atoms with E-state index in [1.54, 1.807) is 0 Å². The van der Waals surface area contributed by atoms with Gasteiger partial charge < -0.3 is 0 Å². The lowest BCUT2D eigenvalue weighted by Crippen LogP contribution is -2.16. The van der Waals surface area contributed by atoms with Crippen LogP contribution in [0.4, 0.5) is 0 Å². The van der Waals surface area contributed by atoms with E-state index >= 15 is 0 Å². The van der Waals surface area contributed by atoms with E-state index in [-0.39, 0.29) is 21.7 Å². The van der Waals surface area contributed by atoms with Crippen molar-refractivity contribution in [2.45, 2.75) is 119 Å². The van der Waals surface area contributed by atoms with E-state index in [4.69, 9.17) is 0 Å². The third kappa shape index (κ3) is 6.46. The second-order valence-corrected chi connectivity index (χ2v) is 23.9. The fraction of sp³-hybridized carbons (Fsp3) is 0.273. The molecule has 0 saturated carbocycles. The molecule has 2 aliphatic rings. The largest absolute Gasteiger partial charge is 0.0617 e. The first-order valence-corrected chi connectivity index (χ1v) is 24.2. The van der Waals surface area contributed by atoms with Gasteiger partial charge in [0.1, 0.15) is 0 Å². The summed E-state index contributed by atoms with van der Waals surface area (Å²) in [4.78, 5) is 0. The average molecular weight is 857 g/mol. The highest BCUT2D eigenvalue weighted by atomic mass is 14.4. The summed E-state index contributed by atoms with van der Waals surface area (Å²) in [5.74, 6) is 0. The Bertz CT molecular complexity index is 3320. The van der Waals surface area contributed by atoms with Crippen LogP contribution < -0.4 is 0 Å². The SMILES string of the molecule is Cc1cccc(C)c1-c1ccc2c(c1)-c1ccc3c4c(ccc-2c14)-c1cc2c(-c4cc(C(C)(C)C)cc(C(C)(C)C)c4)c4ccccc4c(-c4cc(C(C)(C)C)cc(C(C)(C)C)c4)c2cc1-3. The molecule has 0 saturated heterocycles. The van der Waals surface area contributed by atoms with Crippen molar-refractivity contribution in [3.05, 3.63) is 167 Å². The summed E-state index contributed by atoms with van der Waals surface area (Å²) in [6.07, 6.45) is 0. The Morgan fingerprint density at radius 1 is 0.258 bits per heavy atom. The minimum atomic E-state index is -0.0182. The van der Waals surface area contributed by atoms with E-state index in [0.717, 1.165) is 0 Å². The van der Waals surface area contributed by atoms with Gasteiger partial charge in [0.25, 0.3) is 0 Å². The van der Waals surface area contributed by atoms with Crippen LogP contribution in [0, 0.1) is 13.8 Å². The summed E-state index contributed by atoms with van der Waals surface area (Å²) in [6.45, 7) is 32.8. The van der Waals surface area contributed by atoms with Crippen molar-refractivity contribution in [1.82, 2.24) is 0 Å². The molecule has 9 aromatic carbocycles. The van der Waals surface area contributed by atoms with Gasteiger partial charge in [-0.1, -0.05) is 198 Å². The third-order valence-corrected chi connectivity index (χ3v) is 15.2. The van der Waals surface area contributed by atoms with Gasteiger partial charge in [0, 0.05) is 0 Å². The van der Waals surface area contributed by atoms with Gasteiger partial charge in [-0.25, -0.2) is 0 Å². The quantitative estimate of drug-likeness (QED) is 0.155. The monoisotopic (exact) mass is 857 g/mol. The van der Waals surface area contributed by atoms with E-state index < -0.39 is 0 Å². The maximum atomic E-state index is 2.59. The molecule has 0 fully saturated rings. The van der Waals surface area contributed by atoms with Crippen molar-refractivity contribution < 1.29 is 0 Å². The molecule has 0 radical (unpaired) electrons. The van der Waals surface area contributed by atoms with E-state index in [1.807, 2.05) is 0 Å². The maximum Gasteiger partial charge on any atom is -0.00139 e. The van der Waals surface area contributed by atoms with Crippen LogP contribution in [-0.4, -0.2) is 0 Å². The summed E-state index contributed by atoms with van der Waals surface area (Å²) >= 11 is 0. The number of hydrogen-bond donors (Lipinski definition) is 0. The van der Waals surface area contributed by atoms with E-state index in [0.29, 0.717) is 0 Å². The highest BCUT2D eigenvalue weighted by Gasteiger charge is 2.32. The second-order valence-electron chi connectivity index (χ2n) is 23.9. The van der Waals surface area contributed by atoms with Crippen molar-refractivity contribution in [2.75, 3.05) is 0 Å². The number of fused-ring (bicyclic) bond motifs is 8. The molecule has 0 heteroatoms. The van der Waals surface area contributed by atoms with Crippen molar-refractivity contribution >= 4 is 32.3 Å². The van der Waals surface area contributed by atoms with Crippen molar-refractivity contribution in [1.29, 1.82) is 0 Å². The van der Waals surface area contributed by atoms with Gasteiger partial charge in [0.05, 0.1) is 0 Å². The van der Waals surface area contributed by atoms with Gasteiger partial charge in [-0.05, 0) is 197 Å². The minimum absolute atomic E-state index is 0.0182. The Hall–Kier alpha value is -6.24. The number of benzene rings is 9. The normalized spacial score (nSPS) is 13.3. The molecule has 2 aliphatic carbocycles. The lowest BCUT2D eigenvalue weighted by Gasteiger charge is -2.28. The Morgan fingerprint density at radius 3 is 0.985 bits per heavy atom. The van der Waals surface area contributed by atoms with Crippen LogP contribution in [0.15, 0.2) is 133 Å². The van der Waals surface area contributed by atoms with Crippen LogP contribution in [0.5, 0.6) is 0 Å². The fourth-order valence-corrected chi connectivity index (χ4v) is 11.4. The molecule has 0 bridgehead atoms. The molecule has 328 valence electrons. The minimum Gasteiger partial charge on any atom is -0.0617 e. The highest BCUT2D eigenvalue weighted by molar-refractivity contribution is 6.29. The third-order valence-electron chi connectivity index (χ3n) is 15.2. The van der Waals surface area contributed by atoms with Crippen LogP contribution in [0.2, 0.25) is 0 Å². The molecule has 0 N–H and O–H groups in total. The van der Waals surface area contributed by atoms with Gasteiger partial charge in [0.2, 0.25) is 0 Å². The first kappa shape index (κ1) is 42.4. The van der Waals surface area contributed by atoms with E-state index in [1.165, 1.54) is 144 Å². The zero-order valence-corrected chi connectivity index (χ0v) is 41.7. The maximum absolute atomic E-state index is 2.59. The Balaban J connectivity index is 1.25. The molecule has 0 spiro atoms. The Morgan fingerprint density at radius 2 is 0.606 bits per heavy atom. The lowest BCUT2D eigenvalue weighted by molar-refractivity contribution is 0.568. The van der Waals surface area contributed by atoms with Gasteiger partial charge in [-0.3, -0.25) is 0 Å². The molecule has 0 aliphatic heterocycles. The summed E-state index contributed by atoms with van der Waals surface area (Å²) in [7, 11) is 0. The molecule has 0 aromatic heterocycles. The average Bonchev–Trinajstić information content (AvgIpc) is 3.74. The Kier molecular flexibility index (Phi) is 9.08. The van der Waals surface area contributed by atoms with E-state index in [9.17, 15) is 0 Å². The standard InChI is InChI=1S/C66H64/c1-37-18-17-19-38(2)58(37)39-22-23-46-49-24-25-51-54-35-56-57(36-55(54)52-27-26-50(53(46)32-39)61(49)62(51)52)60(41-30-44(65(9,10)11)34-45(31-41)66(12,13)14)48-21-16-15-20-47(48)59(56)40-28-42(63(3,4)5)33-43(29-40)64(6,7)8/h15-36H,1-14H3. The van der Waals surface area contributed by atoms with Crippen LogP contribution >= 0.6 is 0 Å². The number of aryl methyl sites for hydroxylation is 2. The molecule has 0 nitrogen and oxygen atoms in total. The summed E-state index contributed by atoms with van der Waals surface area (Å²) in [5.41, 5.74) is 26.7. The zero-order valence-electron chi connectivity index (χ0n) is 41.7. The first-order valence-electron chi connectivity index (χ1n) is 24.2. The van der Waals surface area contributed by atoms with Crippen LogP contribution in [0.1, 0.15) is 116 Å². The van der Waals surface area contributed by atoms with Gasteiger partial charge >= 0.3 is 0 Å².